The van der Waals surface area contributed by atoms with Crippen LogP contribution < -0.4 is 4.74 Å². The third-order valence-corrected chi connectivity index (χ3v) is 2.21. The third kappa shape index (κ3) is 2.80. The van der Waals surface area contributed by atoms with Gasteiger partial charge in [-0.1, -0.05) is 0 Å². The molecule has 5 heteroatoms. The zero-order chi connectivity index (χ0) is 13.0. The van der Waals surface area contributed by atoms with Crippen LogP contribution >= 0.6 is 0 Å². The maximum absolute atomic E-state index is 13.2. The third-order valence-electron chi connectivity index (χ3n) is 2.21. The fraction of sp³-hybridized carbons (Fsp3) is 0.0769. The largest absolute Gasteiger partial charge is 0.484 e. The lowest BCUT2D eigenvalue weighted by atomic mass is 10.1. The Hall–Kier alpha value is -2.48. The lowest BCUT2D eigenvalue weighted by molar-refractivity contribution is 0.285. The van der Waals surface area contributed by atoms with Gasteiger partial charge in [0.05, 0.1) is 11.6 Å². The minimum atomic E-state index is -0.727. The lowest BCUT2D eigenvalue weighted by Crippen LogP contribution is -1.99. The first kappa shape index (κ1) is 12.0. The highest BCUT2D eigenvalue weighted by Gasteiger charge is 2.05. The number of aromatic nitrogens is 1. The fourth-order valence-electron chi connectivity index (χ4n) is 1.44. The van der Waals surface area contributed by atoms with E-state index >= 15 is 0 Å². The van der Waals surface area contributed by atoms with E-state index in [1.807, 2.05) is 6.07 Å². The van der Waals surface area contributed by atoms with E-state index in [0.29, 0.717) is 5.56 Å². The molecule has 0 unspecified atom stereocenters. The minimum absolute atomic E-state index is 0.0136. The highest BCUT2D eigenvalue weighted by molar-refractivity contribution is 5.33. The number of hydrogen-bond donors (Lipinski definition) is 0. The summed E-state index contributed by atoms with van der Waals surface area (Å²) in [4.78, 5) is 3.42. The van der Waals surface area contributed by atoms with Crippen LogP contribution in [-0.2, 0) is 6.61 Å². The van der Waals surface area contributed by atoms with Crippen molar-refractivity contribution in [3.63, 3.8) is 0 Å². The molecule has 2 rings (SSSR count). The summed E-state index contributed by atoms with van der Waals surface area (Å²) < 4.78 is 31.4. The second-order valence-electron chi connectivity index (χ2n) is 3.54. The van der Waals surface area contributed by atoms with Gasteiger partial charge < -0.3 is 4.74 Å². The van der Waals surface area contributed by atoms with Gasteiger partial charge in [0.2, 0.25) is 0 Å². The highest BCUT2D eigenvalue weighted by atomic mass is 19.1. The summed E-state index contributed by atoms with van der Waals surface area (Å²) in [6.07, 6.45) is 1.30. The molecule has 0 spiro atoms. The second kappa shape index (κ2) is 5.23. The molecule has 0 radical (unpaired) electrons. The van der Waals surface area contributed by atoms with Crippen molar-refractivity contribution >= 4 is 0 Å². The molecule has 18 heavy (non-hydrogen) atoms. The Balaban J connectivity index is 2.14. The van der Waals surface area contributed by atoms with Crippen molar-refractivity contribution in [2.24, 2.45) is 0 Å². The van der Waals surface area contributed by atoms with Crippen LogP contribution in [0.2, 0.25) is 0 Å². The molecule has 0 bridgehead atoms. The summed E-state index contributed by atoms with van der Waals surface area (Å²) in [6.45, 7) is -0.0327. The molecule has 0 aliphatic rings. The molecule has 1 heterocycles. The lowest BCUT2D eigenvalue weighted by Gasteiger charge is -2.06. The van der Waals surface area contributed by atoms with Gasteiger partial charge in [0, 0.05) is 6.20 Å². The first-order valence-electron chi connectivity index (χ1n) is 5.12. The Morgan fingerprint density at radius 3 is 2.83 bits per heavy atom. The summed E-state index contributed by atoms with van der Waals surface area (Å²) in [5, 5.41) is 8.69. The maximum atomic E-state index is 13.2. The predicted molar refractivity (Wildman–Crippen MR) is 59.6 cm³/mol. The molecule has 90 valence electrons. The van der Waals surface area contributed by atoms with Crippen LogP contribution in [0, 0.1) is 23.1 Å². The van der Waals surface area contributed by atoms with E-state index in [-0.39, 0.29) is 17.9 Å². The Labute approximate surface area is 102 Å². The summed E-state index contributed by atoms with van der Waals surface area (Å²) in [7, 11) is 0. The second-order valence-corrected chi connectivity index (χ2v) is 3.54. The number of hydrogen-bond acceptors (Lipinski definition) is 3. The summed E-state index contributed by atoms with van der Waals surface area (Å²) in [6, 6.07) is 8.63. The number of ether oxygens (including phenoxy) is 1. The van der Waals surface area contributed by atoms with E-state index < -0.39 is 11.8 Å². The van der Waals surface area contributed by atoms with Gasteiger partial charge in [0.15, 0.2) is 5.75 Å². The van der Waals surface area contributed by atoms with E-state index in [4.69, 9.17) is 10.00 Å². The zero-order valence-corrected chi connectivity index (χ0v) is 9.23. The van der Waals surface area contributed by atoms with E-state index in [1.165, 1.54) is 30.5 Å². The van der Waals surface area contributed by atoms with Crippen LogP contribution in [0.15, 0.2) is 36.5 Å². The van der Waals surface area contributed by atoms with Gasteiger partial charge in [-0.15, -0.1) is 0 Å². The number of pyridine rings is 1. The highest BCUT2D eigenvalue weighted by Crippen LogP contribution is 2.16. The van der Waals surface area contributed by atoms with Crippen LogP contribution in [0.25, 0.3) is 0 Å². The summed E-state index contributed by atoms with van der Waals surface area (Å²) in [5.74, 6) is -1.27. The number of nitrogens with zero attached hydrogens (tertiary/aromatic N) is 2. The average molecular weight is 246 g/mol. The molecule has 3 nitrogen and oxygen atoms in total. The predicted octanol–water partition coefficient (Wildman–Crippen LogP) is 2.81. The topological polar surface area (TPSA) is 45.9 Å². The number of nitriles is 1. The van der Waals surface area contributed by atoms with Crippen molar-refractivity contribution in [1.29, 1.82) is 5.26 Å². The van der Waals surface area contributed by atoms with Crippen molar-refractivity contribution in [2.75, 3.05) is 0 Å². The standard InChI is InChI=1S/C13H8F2N2O/c14-11-5-9(7-16)4-10(6-11)8-18-12-2-1-3-17-13(12)15/h1-6H,8H2. The monoisotopic (exact) mass is 246 g/mol. The number of rotatable bonds is 3. The molecule has 0 saturated carbocycles. The van der Waals surface area contributed by atoms with Gasteiger partial charge in [0.25, 0.3) is 5.95 Å². The fourth-order valence-corrected chi connectivity index (χ4v) is 1.44. The van der Waals surface area contributed by atoms with E-state index in [1.54, 1.807) is 0 Å². The van der Waals surface area contributed by atoms with Gasteiger partial charge >= 0.3 is 0 Å². The van der Waals surface area contributed by atoms with Gasteiger partial charge in [-0.2, -0.15) is 9.65 Å². The molecule has 0 aliphatic heterocycles. The summed E-state index contributed by atoms with van der Waals surface area (Å²) in [5.41, 5.74) is 0.648. The molecule has 2 aromatic rings. The molecule has 0 aliphatic carbocycles. The van der Waals surface area contributed by atoms with Crippen LogP contribution in [0.3, 0.4) is 0 Å². The Morgan fingerprint density at radius 1 is 1.28 bits per heavy atom. The molecule has 0 fully saturated rings. The quantitative estimate of drug-likeness (QED) is 0.782. The first-order chi connectivity index (χ1) is 8.69. The molecule has 0 amide bonds. The normalized spacial score (nSPS) is 9.83. The Morgan fingerprint density at radius 2 is 2.11 bits per heavy atom. The van der Waals surface area contributed by atoms with Crippen LogP contribution in [0.4, 0.5) is 8.78 Å². The average Bonchev–Trinajstić information content (AvgIpc) is 2.37. The minimum Gasteiger partial charge on any atom is -0.484 e. The molecular formula is C13H8F2N2O. The van der Waals surface area contributed by atoms with Crippen LogP contribution in [0.5, 0.6) is 5.75 Å². The number of benzene rings is 1. The van der Waals surface area contributed by atoms with E-state index in [9.17, 15) is 8.78 Å². The van der Waals surface area contributed by atoms with Gasteiger partial charge in [-0.25, -0.2) is 9.37 Å². The molecule has 1 aromatic heterocycles. The van der Waals surface area contributed by atoms with Crippen molar-refractivity contribution in [1.82, 2.24) is 4.98 Å². The molecular weight excluding hydrogens is 238 g/mol. The van der Waals surface area contributed by atoms with Crippen molar-refractivity contribution < 1.29 is 13.5 Å². The molecule has 0 saturated heterocycles. The maximum Gasteiger partial charge on any atom is 0.255 e. The van der Waals surface area contributed by atoms with Crippen LogP contribution in [0.1, 0.15) is 11.1 Å². The van der Waals surface area contributed by atoms with Gasteiger partial charge in [-0.3, -0.25) is 0 Å². The number of halogens is 2. The van der Waals surface area contributed by atoms with Crippen LogP contribution in [-0.4, -0.2) is 4.98 Å². The Kier molecular flexibility index (Phi) is 3.49. The zero-order valence-electron chi connectivity index (χ0n) is 9.23. The van der Waals surface area contributed by atoms with Crippen molar-refractivity contribution in [3.8, 4) is 11.8 Å². The van der Waals surface area contributed by atoms with Gasteiger partial charge in [-0.05, 0) is 35.9 Å². The van der Waals surface area contributed by atoms with Crippen molar-refractivity contribution in [3.05, 3.63) is 59.4 Å². The van der Waals surface area contributed by atoms with Crippen molar-refractivity contribution in [2.45, 2.75) is 6.61 Å². The van der Waals surface area contributed by atoms with E-state index in [0.717, 1.165) is 6.07 Å². The molecule has 0 atom stereocenters. The smallest absolute Gasteiger partial charge is 0.255 e. The summed E-state index contributed by atoms with van der Waals surface area (Å²) >= 11 is 0. The molecule has 1 aromatic carbocycles. The molecule has 0 N–H and O–H groups in total. The Bertz CT molecular complexity index is 608. The first-order valence-corrected chi connectivity index (χ1v) is 5.12. The van der Waals surface area contributed by atoms with E-state index in [2.05, 4.69) is 4.98 Å². The van der Waals surface area contributed by atoms with Gasteiger partial charge in [0.1, 0.15) is 12.4 Å². The SMILES string of the molecule is N#Cc1cc(F)cc(COc2cccnc2F)c1.